The molecule has 0 saturated heterocycles. The van der Waals surface area contributed by atoms with Crippen molar-refractivity contribution in [3.63, 3.8) is 0 Å². The zero-order valence-electron chi connectivity index (χ0n) is 18.8. The van der Waals surface area contributed by atoms with E-state index in [1.807, 2.05) is 0 Å². The highest BCUT2D eigenvalue weighted by molar-refractivity contribution is 5.83. The van der Waals surface area contributed by atoms with Gasteiger partial charge in [0.1, 0.15) is 24.6 Å². The molecule has 0 unspecified atom stereocenters. The van der Waals surface area contributed by atoms with E-state index in [9.17, 15) is 0 Å². The third-order valence-electron chi connectivity index (χ3n) is 7.03. The molecule has 170 valence electrons. The third-order valence-corrected chi connectivity index (χ3v) is 7.03. The zero-order chi connectivity index (χ0) is 21.8. The van der Waals surface area contributed by atoms with E-state index in [2.05, 4.69) is 88.3 Å². The molecule has 5 heteroatoms. The van der Waals surface area contributed by atoms with E-state index in [1.165, 1.54) is 44.1 Å². The first kappa shape index (κ1) is 21.2. The number of para-hydroxylation sites is 2. The van der Waals surface area contributed by atoms with E-state index in [0.29, 0.717) is 0 Å². The smallest absolute Gasteiger partial charge is 0.245 e. The molecule has 0 spiro atoms. The zero-order valence-corrected chi connectivity index (χ0v) is 20.4. The number of aromatic nitrogens is 2. The van der Waals surface area contributed by atoms with Gasteiger partial charge in [0, 0.05) is 29.5 Å². The first-order valence-electron chi connectivity index (χ1n) is 11.7. The van der Waals surface area contributed by atoms with Gasteiger partial charge >= 0.3 is 0 Å². The van der Waals surface area contributed by atoms with E-state index < -0.39 is 0 Å². The Morgan fingerprint density at radius 2 is 1.65 bits per heavy atom. The minimum absolute atomic E-state index is 0. The number of hydrogen-bond acceptors (Lipinski definition) is 2. The molecular weight excluding hydrogens is 488 g/mol. The van der Waals surface area contributed by atoms with E-state index in [4.69, 9.17) is 9.47 Å². The maximum atomic E-state index is 6.11. The molecule has 0 saturated carbocycles. The molecule has 34 heavy (non-hydrogen) atoms. The molecule has 0 atom stereocenters. The molecule has 0 N–H and O–H groups in total. The summed E-state index contributed by atoms with van der Waals surface area (Å²) in [6.45, 7) is 3.16. The van der Waals surface area contributed by atoms with Crippen molar-refractivity contribution in [1.29, 1.82) is 0 Å². The van der Waals surface area contributed by atoms with Crippen LogP contribution in [0, 0.1) is 0 Å². The normalized spacial score (nSPS) is 13.9. The molecule has 0 aliphatic carbocycles. The standard InChI is InChI=1S/C29H25N2O2.BrH/c1-2-6-22-15-20(9-10-21(22)5-1)17-30-19-31(27-8-4-3-7-26(27)30)18-25-24-12-14-32-28(24)16-23-11-13-33-29(23)25;/h1-10,15-16,19H,11-14,17-18H2;1H/q+1;/p-1. The molecule has 5 aromatic rings. The fourth-order valence-corrected chi connectivity index (χ4v) is 5.45. The van der Waals surface area contributed by atoms with Crippen molar-refractivity contribution in [3.05, 3.63) is 101 Å². The van der Waals surface area contributed by atoms with Crippen molar-refractivity contribution >= 4 is 21.8 Å². The number of hydrogen-bond donors (Lipinski definition) is 0. The van der Waals surface area contributed by atoms with Gasteiger partial charge in [-0.05, 0) is 40.6 Å². The molecule has 2 aliphatic heterocycles. The van der Waals surface area contributed by atoms with Crippen molar-refractivity contribution in [2.24, 2.45) is 0 Å². The minimum Gasteiger partial charge on any atom is -1.00 e. The molecule has 1 aromatic heterocycles. The summed E-state index contributed by atoms with van der Waals surface area (Å²) in [4.78, 5) is 0. The topological polar surface area (TPSA) is 27.3 Å². The summed E-state index contributed by atoms with van der Waals surface area (Å²) in [6.07, 6.45) is 4.18. The monoisotopic (exact) mass is 512 g/mol. The van der Waals surface area contributed by atoms with Crippen molar-refractivity contribution in [3.8, 4) is 11.5 Å². The highest BCUT2D eigenvalue weighted by atomic mass is 79.9. The molecule has 0 fully saturated rings. The van der Waals surface area contributed by atoms with Crippen LogP contribution in [0.4, 0.5) is 0 Å². The van der Waals surface area contributed by atoms with Crippen LogP contribution in [0.2, 0.25) is 0 Å². The predicted octanol–water partition coefficient (Wildman–Crippen LogP) is 2.05. The lowest BCUT2D eigenvalue weighted by Crippen LogP contribution is -3.00. The Morgan fingerprint density at radius 1 is 0.824 bits per heavy atom. The van der Waals surface area contributed by atoms with Gasteiger partial charge in [-0.15, -0.1) is 0 Å². The van der Waals surface area contributed by atoms with Crippen LogP contribution in [0.3, 0.4) is 0 Å². The Bertz CT molecular complexity index is 1510. The second kappa shape index (κ2) is 8.48. The second-order valence-corrected chi connectivity index (χ2v) is 9.06. The molecule has 4 nitrogen and oxygen atoms in total. The number of rotatable bonds is 4. The molecule has 4 aromatic carbocycles. The van der Waals surface area contributed by atoms with Crippen molar-refractivity contribution < 1.29 is 31.0 Å². The Kier molecular flexibility index (Phi) is 5.30. The highest BCUT2D eigenvalue weighted by Gasteiger charge is 2.28. The van der Waals surface area contributed by atoms with Gasteiger partial charge in [0.2, 0.25) is 6.33 Å². The summed E-state index contributed by atoms with van der Waals surface area (Å²) >= 11 is 0. The number of ether oxygens (including phenoxy) is 2. The summed E-state index contributed by atoms with van der Waals surface area (Å²) in [5, 5.41) is 2.56. The number of imidazole rings is 1. The van der Waals surface area contributed by atoms with Gasteiger partial charge in [-0.3, -0.25) is 0 Å². The lowest BCUT2D eigenvalue weighted by molar-refractivity contribution is -0.663. The van der Waals surface area contributed by atoms with E-state index in [1.54, 1.807) is 0 Å². The average molecular weight is 513 g/mol. The van der Waals surface area contributed by atoms with Gasteiger partial charge < -0.3 is 26.5 Å². The summed E-state index contributed by atoms with van der Waals surface area (Å²) < 4.78 is 16.8. The Balaban J connectivity index is 0.00000217. The van der Waals surface area contributed by atoms with Crippen LogP contribution in [0.5, 0.6) is 11.5 Å². The second-order valence-electron chi connectivity index (χ2n) is 9.06. The SMILES string of the molecule is [Br-].c1ccc2cc(C[n+]3cn(Cc4c5c(cc6c4OCC6)OCC5)c4ccccc43)ccc2c1. The maximum absolute atomic E-state index is 6.11. The highest BCUT2D eigenvalue weighted by Crippen LogP contribution is 2.41. The predicted molar refractivity (Wildman–Crippen MR) is 129 cm³/mol. The lowest BCUT2D eigenvalue weighted by atomic mass is 9.99. The molecule has 0 amide bonds. The largest absolute Gasteiger partial charge is 1.00 e. The van der Waals surface area contributed by atoms with Crippen molar-refractivity contribution in [2.75, 3.05) is 13.2 Å². The first-order valence-corrected chi connectivity index (χ1v) is 11.7. The molecule has 7 rings (SSSR count). The fraction of sp³-hybridized carbons (Fsp3) is 0.207. The molecule has 0 bridgehead atoms. The van der Waals surface area contributed by atoms with Gasteiger partial charge in [0.15, 0.2) is 11.0 Å². The third kappa shape index (κ3) is 3.46. The van der Waals surface area contributed by atoms with Crippen LogP contribution >= 0.6 is 0 Å². The minimum atomic E-state index is 0. The summed E-state index contributed by atoms with van der Waals surface area (Å²) in [5.74, 6) is 2.13. The molecule has 0 radical (unpaired) electrons. The van der Waals surface area contributed by atoms with Crippen LogP contribution in [0.25, 0.3) is 21.8 Å². The van der Waals surface area contributed by atoms with Crippen LogP contribution in [0.15, 0.2) is 79.1 Å². The van der Waals surface area contributed by atoms with Crippen molar-refractivity contribution in [1.82, 2.24) is 4.57 Å². The number of benzene rings is 4. The fourth-order valence-electron chi connectivity index (χ4n) is 5.45. The van der Waals surface area contributed by atoms with Gasteiger partial charge in [-0.2, -0.15) is 0 Å². The van der Waals surface area contributed by atoms with Gasteiger partial charge in [-0.25, -0.2) is 9.13 Å². The number of halogens is 1. The Hall–Kier alpha value is -3.31. The van der Waals surface area contributed by atoms with Gasteiger partial charge in [-0.1, -0.05) is 48.5 Å². The number of nitrogens with zero attached hydrogens (tertiary/aromatic N) is 2. The summed E-state index contributed by atoms with van der Waals surface area (Å²) in [6, 6.07) is 26.2. The molecule has 2 aliphatic rings. The maximum Gasteiger partial charge on any atom is 0.245 e. The Morgan fingerprint density at radius 3 is 2.59 bits per heavy atom. The van der Waals surface area contributed by atoms with Gasteiger partial charge in [0.05, 0.1) is 13.2 Å². The number of fused-ring (bicyclic) bond motifs is 4. The molecule has 3 heterocycles. The van der Waals surface area contributed by atoms with Crippen LogP contribution < -0.4 is 31.0 Å². The molecular formula is C29H25BrN2O2. The average Bonchev–Trinajstić information content (AvgIpc) is 3.58. The van der Waals surface area contributed by atoms with E-state index in [-0.39, 0.29) is 17.0 Å². The summed E-state index contributed by atoms with van der Waals surface area (Å²) in [5.41, 5.74) is 7.67. The van der Waals surface area contributed by atoms with E-state index >= 15 is 0 Å². The quantitative estimate of drug-likeness (QED) is 0.344. The van der Waals surface area contributed by atoms with Gasteiger partial charge in [0.25, 0.3) is 0 Å². The van der Waals surface area contributed by atoms with E-state index in [0.717, 1.165) is 50.6 Å². The lowest BCUT2D eigenvalue weighted by Gasteiger charge is -2.11. The van der Waals surface area contributed by atoms with Crippen molar-refractivity contribution in [2.45, 2.75) is 25.9 Å². The summed E-state index contributed by atoms with van der Waals surface area (Å²) in [7, 11) is 0. The Labute approximate surface area is 209 Å². The van der Waals surface area contributed by atoms with Crippen LogP contribution in [-0.4, -0.2) is 17.8 Å². The van der Waals surface area contributed by atoms with Crippen LogP contribution in [0.1, 0.15) is 22.3 Å². The van der Waals surface area contributed by atoms with Crippen LogP contribution in [-0.2, 0) is 25.9 Å². The first-order chi connectivity index (χ1) is 16.3.